The van der Waals surface area contributed by atoms with Gasteiger partial charge < -0.3 is 4.74 Å². The molecule has 0 saturated heterocycles. The second-order valence-corrected chi connectivity index (χ2v) is 4.50. The molecule has 1 aromatic heterocycles. The number of ether oxygens (including phenoxy) is 1. The molecule has 2 nitrogen and oxygen atoms in total. The summed E-state index contributed by atoms with van der Waals surface area (Å²) >= 11 is 17.8. The van der Waals surface area contributed by atoms with Crippen LogP contribution in [0.5, 0.6) is 5.75 Å². The molecule has 0 spiro atoms. The SMILES string of the molecule is COc1cccc(-c2nc(Cl)c(Cl)cc2Cl)c1. The lowest BCUT2D eigenvalue weighted by Gasteiger charge is -2.07. The quantitative estimate of drug-likeness (QED) is 0.746. The van der Waals surface area contributed by atoms with Crippen LogP contribution in [0.4, 0.5) is 0 Å². The van der Waals surface area contributed by atoms with E-state index in [1.165, 1.54) is 0 Å². The number of pyridine rings is 1. The number of benzene rings is 1. The van der Waals surface area contributed by atoms with Crippen LogP contribution in [-0.2, 0) is 0 Å². The van der Waals surface area contributed by atoms with Crippen molar-refractivity contribution >= 4 is 34.8 Å². The fourth-order valence-corrected chi connectivity index (χ4v) is 2.02. The summed E-state index contributed by atoms with van der Waals surface area (Å²) in [6, 6.07) is 8.98. The minimum Gasteiger partial charge on any atom is -0.497 e. The van der Waals surface area contributed by atoms with Gasteiger partial charge in [0.15, 0.2) is 0 Å². The van der Waals surface area contributed by atoms with Crippen LogP contribution in [-0.4, -0.2) is 12.1 Å². The van der Waals surface area contributed by atoms with Gasteiger partial charge in [0, 0.05) is 5.56 Å². The maximum Gasteiger partial charge on any atom is 0.148 e. The molecule has 1 heterocycles. The summed E-state index contributed by atoms with van der Waals surface area (Å²) in [5.41, 5.74) is 1.41. The second kappa shape index (κ2) is 5.13. The molecule has 0 aliphatic heterocycles. The second-order valence-electron chi connectivity index (χ2n) is 3.32. The molecule has 0 aliphatic carbocycles. The molecule has 0 aliphatic rings. The van der Waals surface area contributed by atoms with Gasteiger partial charge in [-0.1, -0.05) is 46.9 Å². The molecule has 0 atom stereocenters. The third kappa shape index (κ3) is 2.65. The Morgan fingerprint density at radius 2 is 1.82 bits per heavy atom. The van der Waals surface area contributed by atoms with Gasteiger partial charge in [0.2, 0.25) is 0 Å². The van der Waals surface area contributed by atoms with Crippen molar-refractivity contribution in [3.63, 3.8) is 0 Å². The molecule has 17 heavy (non-hydrogen) atoms. The summed E-state index contributed by atoms with van der Waals surface area (Å²) in [7, 11) is 1.60. The van der Waals surface area contributed by atoms with Crippen LogP contribution in [0, 0.1) is 0 Å². The highest BCUT2D eigenvalue weighted by Crippen LogP contribution is 2.33. The Kier molecular flexibility index (Phi) is 3.77. The van der Waals surface area contributed by atoms with Crippen molar-refractivity contribution < 1.29 is 4.74 Å². The summed E-state index contributed by atoms with van der Waals surface area (Å²) in [4.78, 5) is 4.16. The van der Waals surface area contributed by atoms with E-state index in [0.29, 0.717) is 15.7 Å². The van der Waals surface area contributed by atoms with Crippen molar-refractivity contribution in [3.8, 4) is 17.0 Å². The number of halogens is 3. The zero-order chi connectivity index (χ0) is 12.4. The topological polar surface area (TPSA) is 22.1 Å². The Bertz CT molecular complexity index is 557. The van der Waals surface area contributed by atoms with Gasteiger partial charge in [0.25, 0.3) is 0 Å². The number of hydrogen-bond donors (Lipinski definition) is 0. The zero-order valence-electron chi connectivity index (χ0n) is 8.88. The molecule has 2 rings (SSSR count). The van der Waals surface area contributed by atoms with Crippen molar-refractivity contribution in [3.05, 3.63) is 45.5 Å². The number of methoxy groups -OCH3 is 1. The van der Waals surface area contributed by atoms with Crippen molar-refractivity contribution in [2.45, 2.75) is 0 Å². The average molecular weight is 289 g/mol. The van der Waals surface area contributed by atoms with Gasteiger partial charge in [-0.25, -0.2) is 4.98 Å². The fraction of sp³-hybridized carbons (Fsp3) is 0.0833. The summed E-state index contributed by atoms with van der Waals surface area (Å²) in [6.45, 7) is 0. The molecule has 88 valence electrons. The van der Waals surface area contributed by atoms with E-state index in [9.17, 15) is 0 Å². The van der Waals surface area contributed by atoms with Crippen LogP contribution in [0.1, 0.15) is 0 Å². The third-order valence-electron chi connectivity index (χ3n) is 2.23. The van der Waals surface area contributed by atoms with Crippen LogP contribution in [0.3, 0.4) is 0 Å². The van der Waals surface area contributed by atoms with Crippen LogP contribution >= 0.6 is 34.8 Å². The Hall–Kier alpha value is -0.960. The predicted molar refractivity (Wildman–Crippen MR) is 71.3 cm³/mol. The molecule has 0 N–H and O–H groups in total. The van der Waals surface area contributed by atoms with Crippen LogP contribution in [0.25, 0.3) is 11.3 Å². The van der Waals surface area contributed by atoms with Crippen LogP contribution in [0.2, 0.25) is 15.2 Å². The molecule has 5 heteroatoms. The number of rotatable bonds is 2. The molecule has 0 bridgehead atoms. The summed E-state index contributed by atoms with van der Waals surface area (Å²) in [5.74, 6) is 0.728. The van der Waals surface area contributed by atoms with E-state index in [1.807, 2.05) is 24.3 Å². The van der Waals surface area contributed by atoms with E-state index in [0.717, 1.165) is 11.3 Å². The maximum absolute atomic E-state index is 6.09. The standard InChI is InChI=1S/C12H8Cl3NO/c1-17-8-4-2-3-7(5-8)11-9(13)6-10(14)12(15)16-11/h2-6H,1H3. The first-order valence-electron chi connectivity index (χ1n) is 4.78. The molecule has 2 aromatic rings. The lowest BCUT2D eigenvalue weighted by molar-refractivity contribution is 0.415. The molecule has 0 radical (unpaired) electrons. The smallest absolute Gasteiger partial charge is 0.148 e. The monoisotopic (exact) mass is 287 g/mol. The molecule has 0 unspecified atom stereocenters. The lowest BCUT2D eigenvalue weighted by atomic mass is 10.1. The van der Waals surface area contributed by atoms with E-state index in [4.69, 9.17) is 39.5 Å². The highest BCUT2D eigenvalue weighted by molar-refractivity contribution is 6.42. The van der Waals surface area contributed by atoms with Gasteiger partial charge in [0.1, 0.15) is 10.9 Å². The molecular weight excluding hydrogens is 280 g/mol. The first kappa shape index (κ1) is 12.5. The molecule has 1 aromatic carbocycles. The van der Waals surface area contributed by atoms with Crippen LogP contribution in [0.15, 0.2) is 30.3 Å². The van der Waals surface area contributed by atoms with E-state index in [1.54, 1.807) is 13.2 Å². The first-order chi connectivity index (χ1) is 8.11. The Morgan fingerprint density at radius 3 is 2.53 bits per heavy atom. The molecular formula is C12H8Cl3NO. The summed E-state index contributed by atoms with van der Waals surface area (Å²) in [5, 5.41) is 1.02. The Balaban J connectivity index is 2.56. The van der Waals surface area contributed by atoms with Gasteiger partial charge in [-0.2, -0.15) is 0 Å². The van der Waals surface area contributed by atoms with Crippen molar-refractivity contribution in [2.75, 3.05) is 7.11 Å². The minimum atomic E-state index is 0.230. The van der Waals surface area contributed by atoms with Crippen LogP contribution < -0.4 is 4.74 Å². The fourth-order valence-electron chi connectivity index (χ4n) is 1.42. The zero-order valence-corrected chi connectivity index (χ0v) is 11.1. The van der Waals surface area contributed by atoms with Crippen molar-refractivity contribution in [1.29, 1.82) is 0 Å². The number of aromatic nitrogens is 1. The largest absolute Gasteiger partial charge is 0.497 e. The molecule has 0 fully saturated rings. The van der Waals surface area contributed by atoms with Gasteiger partial charge in [-0.3, -0.25) is 0 Å². The van der Waals surface area contributed by atoms with Crippen molar-refractivity contribution in [1.82, 2.24) is 4.98 Å². The van der Waals surface area contributed by atoms with E-state index in [-0.39, 0.29) is 5.15 Å². The first-order valence-corrected chi connectivity index (χ1v) is 5.91. The predicted octanol–water partition coefficient (Wildman–Crippen LogP) is 4.72. The highest BCUT2D eigenvalue weighted by Gasteiger charge is 2.10. The van der Waals surface area contributed by atoms with Gasteiger partial charge in [-0.05, 0) is 18.2 Å². The van der Waals surface area contributed by atoms with E-state index < -0.39 is 0 Å². The van der Waals surface area contributed by atoms with Crippen molar-refractivity contribution in [2.24, 2.45) is 0 Å². The third-order valence-corrected chi connectivity index (χ3v) is 3.19. The Labute approximate surface area is 114 Å². The van der Waals surface area contributed by atoms with E-state index >= 15 is 0 Å². The maximum atomic E-state index is 6.09. The highest BCUT2D eigenvalue weighted by atomic mass is 35.5. The van der Waals surface area contributed by atoms with Gasteiger partial charge in [-0.15, -0.1) is 0 Å². The number of hydrogen-bond acceptors (Lipinski definition) is 2. The summed E-state index contributed by atoms with van der Waals surface area (Å²) in [6.07, 6.45) is 0. The Morgan fingerprint density at radius 1 is 1.06 bits per heavy atom. The average Bonchev–Trinajstić information content (AvgIpc) is 2.34. The minimum absolute atomic E-state index is 0.230. The van der Waals surface area contributed by atoms with E-state index in [2.05, 4.69) is 4.98 Å². The molecule has 0 amide bonds. The normalized spacial score (nSPS) is 10.4. The lowest BCUT2D eigenvalue weighted by Crippen LogP contribution is -1.89. The molecule has 0 saturated carbocycles. The van der Waals surface area contributed by atoms with Gasteiger partial charge >= 0.3 is 0 Å². The summed E-state index contributed by atoms with van der Waals surface area (Å²) < 4.78 is 5.14. The number of nitrogens with zero attached hydrogens (tertiary/aromatic N) is 1. The van der Waals surface area contributed by atoms with Gasteiger partial charge in [0.05, 0.1) is 22.8 Å².